The first-order chi connectivity index (χ1) is 18.7. The highest BCUT2D eigenvalue weighted by atomic mass is 32.2. The Hall–Kier alpha value is -2.33. The standard InChI is InChI=1S/C30H43N3O5S/c1-5-38-25-11-7-21(8-12-25)17-33-18-24-15-23(16-31-28(24)29(33)20(3)4)30(35)32-27(19-34)22-9-13-26(14-10-22)39(36,37)6-2/h9-10,13-16,20-21,25,27,29,34H,5-8,11-12,17-19H2,1-4H3,(H,32,35)/t21?,25?,27-,29?/m0/s1. The van der Waals surface area contributed by atoms with Crippen LogP contribution in [0.15, 0.2) is 41.4 Å². The second-order valence-electron chi connectivity index (χ2n) is 11.2. The van der Waals surface area contributed by atoms with Crippen LogP contribution in [0, 0.1) is 11.8 Å². The molecule has 39 heavy (non-hydrogen) atoms. The van der Waals surface area contributed by atoms with Crippen LogP contribution in [-0.2, 0) is 21.1 Å². The fourth-order valence-electron chi connectivity index (χ4n) is 6.04. The lowest BCUT2D eigenvalue weighted by atomic mass is 9.86. The number of benzene rings is 1. The summed E-state index contributed by atoms with van der Waals surface area (Å²) in [5, 5.41) is 12.9. The zero-order valence-corrected chi connectivity index (χ0v) is 24.4. The van der Waals surface area contributed by atoms with E-state index in [9.17, 15) is 18.3 Å². The molecule has 1 fully saturated rings. The van der Waals surface area contributed by atoms with Gasteiger partial charge in [0.05, 0.1) is 46.7 Å². The topological polar surface area (TPSA) is 109 Å². The molecule has 0 spiro atoms. The molecule has 0 bridgehead atoms. The van der Waals surface area contributed by atoms with E-state index in [0.29, 0.717) is 29.1 Å². The van der Waals surface area contributed by atoms with Gasteiger partial charge >= 0.3 is 0 Å². The molecule has 8 nitrogen and oxygen atoms in total. The molecule has 2 aliphatic rings. The molecule has 1 unspecified atom stereocenters. The van der Waals surface area contributed by atoms with Crippen molar-refractivity contribution < 1.29 is 23.1 Å². The summed E-state index contributed by atoms with van der Waals surface area (Å²) in [6.07, 6.45) is 6.63. The maximum atomic E-state index is 13.2. The van der Waals surface area contributed by atoms with Crippen molar-refractivity contribution in [1.29, 1.82) is 0 Å². The van der Waals surface area contributed by atoms with E-state index < -0.39 is 15.9 Å². The first-order valence-corrected chi connectivity index (χ1v) is 15.9. The lowest BCUT2D eigenvalue weighted by Gasteiger charge is -2.34. The van der Waals surface area contributed by atoms with Crippen LogP contribution in [0.25, 0.3) is 0 Å². The van der Waals surface area contributed by atoms with Crippen molar-refractivity contribution in [2.45, 2.75) is 83.0 Å². The van der Waals surface area contributed by atoms with Gasteiger partial charge in [-0.25, -0.2) is 8.42 Å². The van der Waals surface area contributed by atoms with E-state index in [-0.39, 0.29) is 29.2 Å². The summed E-state index contributed by atoms with van der Waals surface area (Å²) >= 11 is 0. The van der Waals surface area contributed by atoms with Crippen LogP contribution in [-0.4, -0.2) is 60.9 Å². The fourth-order valence-corrected chi connectivity index (χ4v) is 6.93. The molecule has 214 valence electrons. The molecule has 2 atom stereocenters. The summed E-state index contributed by atoms with van der Waals surface area (Å²) in [5.74, 6) is 0.742. The number of hydrogen-bond acceptors (Lipinski definition) is 7. The van der Waals surface area contributed by atoms with Crippen molar-refractivity contribution in [3.63, 3.8) is 0 Å². The molecule has 2 heterocycles. The minimum atomic E-state index is -3.32. The highest BCUT2D eigenvalue weighted by Gasteiger charge is 2.36. The minimum Gasteiger partial charge on any atom is -0.394 e. The number of carbonyl (C=O) groups excluding carboxylic acids is 1. The summed E-state index contributed by atoms with van der Waals surface area (Å²) in [7, 11) is -3.32. The molecule has 1 saturated carbocycles. The number of aromatic nitrogens is 1. The normalized spacial score (nSPS) is 22.6. The predicted octanol–water partition coefficient (Wildman–Crippen LogP) is 4.45. The van der Waals surface area contributed by atoms with Crippen LogP contribution >= 0.6 is 0 Å². The quantitative estimate of drug-likeness (QED) is 0.420. The molecule has 2 N–H and O–H groups in total. The van der Waals surface area contributed by atoms with E-state index in [1.807, 2.05) is 6.07 Å². The van der Waals surface area contributed by atoms with Gasteiger partial charge in [-0.05, 0) is 73.8 Å². The molecule has 1 aliphatic heterocycles. The number of amides is 1. The first-order valence-electron chi connectivity index (χ1n) is 14.3. The second-order valence-corrected chi connectivity index (χ2v) is 13.4. The molecule has 0 radical (unpaired) electrons. The lowest BCUT2D eigenvalue weighted by molar-refractivity contribution is 0.0174. The highest BCUT2D eigenvalue weighted by molar-refractivity contribution is 7.91. The number of nitrogens with zero attached hydrogens (tertiary/aromatic N) is 2. The SMILES string of the molecule is CCOC1CCC(CN2Cc3cc(C(=O)N[C@@H](CO)c4ccc(S(=O)(=O)CC)cc4)cnc3C2C(C)C)CC1. The fraction of sp³-hybridized carbons (Fsp3) is 0.600. The maximum absolute atomic E-state index is 13.2. The van der Waals surface area contributed by atoms with Crippen LogP contribution in [0.2, 0.25) is 0 Å². The number of sulfone groups is 1. The van der Waals surface area contributed by atoms with Crippen molar-refractivity contribution in [1.82, 2.24) is 15.2 Å². The van der Waals surface area contributed by atoms with Crippen molar-refractivity contribution in [2.24, 2.45) is 11.8 Å². The van der Waals surface area contributed by atoms with Gasteiger partial charge in [0.2, 0.25) is 0 Å². The highest BCUT2D eigenvalue weighted by Crippen LogP contribution is 2.39. The average Bonchev–Trinajstić information content (AvgIpc) is 3.30. The third-order valence-corrected chi connectivity index (χ3v) is 9.89. The van der Waals surface area contributed by atoms with Crippen LogP contribution < -0.4 is 5.32 Å². The van der Waals surface area contributed by atoms with Gasteiger partial charge in [-0.15, -0.1) is 0 Å². The Morgan fingerprint density at radius 2 is 1.85 bits per heavy atom. The zero-order valence-electron chi connectivity index (χ0n) is 23.6. The molecular formula is C30H43N3O5S. The van der Waals surface area contributed by atoms with Gasteiger partial charge in [0, 0.05) is 25.9 Å². The van der Waals surface area contributed by atoms with Crippen molar-refractivity contribution >= 4 is 15.7 Å². The Bertz CT molecular complexity index is 1220. The number of pyridine rings is 1. The van der Waals surface area contributed by atoms with Crippen LogP contribution in [0.5, 0.6) is 0 Å². The number of nitrogens with one attached hydrogen (secondary N) is 1. The molecule has 1 aromatic heterocycles. The Labute approximate surface area is 233 Å². The van der Waals surface area contributed by atoms with E-state index in [2.05, 4.69) is 31.0 Å². The van der Waals surface area contributed by atoms with Crippen molar-refractivity contribution in [3.05, 3.63) is 58.9 Å². The first kappa shape index (κ1) is 29.6. The Morgan fingerprint density at radius 3 is 2.44 bits per heavy atom. The zero-order chi connectivity index (χ0) is 28.2. The Balaban J connectivity index is 1.44. The van der Waals surface area contributed by atoms with E-state index in [1.165, 1.54) is 25.0 Å². The lowest BCUT2D eigenvalue weighted by Crippen LogP contribution is -2.34. The van der Waals surface area contributed by atoms with Gasteiger partial charge in [-0.2, -0.15) is 0 Å². The Morgan fingerprint density at radius 1 is 1.15 bits per heavy atom. The average molecular weight is 558 g/mol. The predicted molar refractivity (Wildman–Crippen MR) is 151 cm³/mol. The summed E-state index contributed by atoms with van der Waals surface area (Å²) in [5.41, 5.74) is 3.23. The molecule has 4 rings (SSSR count). The summed E-state index contributed by atoms with van der Waals surface area (Å²) in [4.78, 5) is 20.7. The largest absolute Gasteiger partial charge is 0.394 e. The van der Waals surface area contributed by atoms with Gasteiger partial charge in [0.15, 0.2) is 9.84 Å². The van der Waals surface area contributed by atoms with Gasteiger partial charge in [-0.1, -0.05) is 32.9 Å². The number of carbonyl (C=O) groups is 1. The van der Waals surface area contributed by atoms with E-state index in [4.69, 9.17) is 9.72 Å². The monoisotopic (exact) mass is 557 g/mol. The van der Waals surface area contributed by atoms with Gasteiger partial charge in [0.1, 0.15) is 0 Å². The Kier molecular flexibility index (Phi) is 9.80. The second kappa shape index (κ2) is 12.9. The van der Waals surface area contributed by atoms with Crippen LogP contribution in [0.4, 0.5) is 0 Å². The molecule has 0 saturated heterocycles. The third kappa shape index (κ3) is 6.88. The number of aliphatic hydroxyl groups excluding tert-OH is 1. The molecule has 9 heteroatoms. The van der Waals surface area contributed by atoms with E-state index >= 15 is 0 Å². The molecule has 2 aromatic rings. The summed E-state index contributed by atoms with van der Waals surface area (Å²) < 4.78 is 30.1. The minimum absolute atomic E-state index is 0.0158. The maximum Gasteiger partial charge on any atom is 0.253 e. The molecule has 1 aromatic carbocycles. The number of hydrogen-bond donors (Lipinski definition) is 2. The molecular weight excluding hydrogens is 514 g/mol. The van der Waals surface area contributed by atoms with Gasteiger partial charge in [0.25, 0.3) is 5.91 Å². The van der Waals surface area contributed by atoms with Crippen molar-refractivity contribution in [3.8, 4) is 0 Å². The van der Waals surface area contributed by atoms with Gasteiger partial charge < -0.3 is 15.2 Å². The number of ether oxygens (including phenoxy) is 1. The number of aliphatic hydroxyl groups is 1. The summed E-state index contributed by atoms with van der Waals surface area (Å²) in [6, 6.07) is 7.81. The number of fused-ring (bicyclic) bond motifs is 1. The van der Waals surface area contributed by atoms with Crippen molar-refractivity contribution in [2.75, 3.05) is 25.5 Å². The van der Waals surface area contributed by atoms with Crippen LogP contribution in [0.3, 0.4) is 0 Å². The van der Waals surface area contributed by atoms with E-state index in [1.54, 1.807) is 25.3 Å². The van der Waals surface area contributed by atoms with E-state index in [0.717, 1.165) is 43.8 Å². The molecule has 1 amide bonds. The number of rotatable bonds is 11. The van der Waals surface area contributed by atoms with Gasteiger partial charge in [-0.3, -0.25) is 14.7 Å². The van der Waals surface area contributed by atoms with Crippen LogP contribution in [0.1, 0.15) is 92.6 Å². The summed E-state index contributed by atoms with van der Waals surface area (Å²) in [6.45, 7) is 10.4. The molecule has 1 aliphatic carbocycles. The third-order valence-electron chi connectivity index (χ3n) is 8.14. The smallest absolute Gasteiger partial charge is 0.253 e.